The van der Waals surface area contributed by atoms with Crippen molar-refractivity contribution in [3.8, 4) is 0 Å². The van der Waals surface area contributed by atoms with Crippen LogP contribution in [-0.4, -0.2) is 28.1 Å². The Bertz CT molecular complexity index is 488. The Labute approximate surface area is 145 Å². The molecule has 1 saturated carbocycles. The lowest BCUT2D eigenvalue weighted by Gasteiger charge is -2.12. The van der Waals surface area contributed by atoms with Gasteiger partial charge in [-0.25, -0.2) is 0 Å². The van der Waals surface area contributed by atoms with Gasteiger partial charge in [0.05, 0.1) is 6.10 Å². The largest absolute Gasteiger partial charge is 0.481 e. The van der Waals surface area contributed by atoms with Crippen LogP contribution in [0.1, 0.15) is 64.7 Å². The summed E-state index contributed by atoms with van der Waals surface area (Å²) in [5.74, 6) is -0.894. The Hall–Kier alpha value is -1.68. The van der Waals surface area contributed by atoms with E-state index >= 15 is 0 Å². The molecule has 0 saturated heterocycles. The molecule has 0 aromatic heterocycles. The van der Waals surface area contributed by atoms with Gasteiger partial charge in [-0.2, -0.15) is 0 Å². The fourth-order valence-electron chi connectivity index (χ4n) is 2.88. The van der Waals surface area contributed by atoms with Crippen LogP contribution in [0.5, 0.6) is 0 Å². The number of aliphatic hydroxyl groups excluding tert-OH is 1. The van der Waals surface area contributed by atoms with Gasteiger partial charge in [-0.1, -0.05) is 50.1 Å². The fraction of sp³-hybridized carbons (Fsp3) is 0.600. The number of rotatable bonds is 11. The first-order valence-corrected chi connectivity index (χ1v) is 9.01. The number of carbonyl (C=O) groups is 2. The van der Waals surface area contributed by atoms with Crippen LogP contribution in [0.3, 0.4) is 0 Å². The molecule has 1 aliphatic rings. The summed E-state index contributed by atoms with van der Waals surface area (Å²) in [5, 5.41) is 18.7. The number of allylic oxidation sites excluding steroid dienone is 5. The van der Waals surface area contributed by atoms with Gasteiger partial charge in [0.2, 0.25) is 0 Å². The third kappa shape index (κ3) is 7.73. The van der Waals surface area contributed by atoms with Crippen LogP contribution in [0.25, 0.3) is 0 Å². The Kier molecular flexibility index (Phi) is 10.0. The minimum absolute atomic E-state index is 0.0324. The molecule has 1 fully saturated rings. The second kappa shape index (κ2) is 11.8. The highest BCUT2D eigenvalue weighted by Crippen LogP contribution is 2.31. The van der Waals surface area contributed by atoms with Gasteiger partial charge in [-0.05, 0) is 32.1 Å². The van der Waals surface area contributed by atoms with Gasteiger partial charge in [0.15, 0.2) is 5.78 Å². The standard InChI is InChI=1S/C20H30O4/c1-2-3-4-5-6-9-12-16-17(19(22)15-18(16)21)13-10-7-8-11-14-20(23)24/h6-7,9-10,12,17,19,22H,2-5,8,11,13-15H2,1H3,(H,23,24)/t17?,19-/m0/s1. The van der Waals surface area contributed by atoms with Crippen molar-refractivity contribution >= 4 is 11.8 Å². The van der Waals surface area contributed by atoms with Gasteiger partial charge >= 0.3 is 5.97 Å². The second-order valence-electron chi connectivity index (χ2n) is 6.34. The van der Waals surface area contributed by atoms with E-state index < -0.39 is 12.1 Å². The molecule has 4 heteroatoms. The second-order valence-corrected chi connectivity index (χ2v) is 6.34. The molecule has 1 rings (SSSR count). The topological polar surface area (TPSA) is 74.6 Å². The predicted molar refractivity (Wildman–Crippen MR) is 95.7 cm³/mol. The smallest absolute Gasteiger partial charge is 0.303 e. The summed E-state index contributed by atoms with van der Waals surface area (Å²) in [4.78, 5) is 22.5. The summed E-state index contributed by atoms with van der Waals surface area (Å²) in [7, 11) is 0. The number of hydrogen-bond donors (Lipinski definition) is 2. The van der Waals surface area contributed by atoms with Gasteiger partial charge in [0.25, 0.3) is 0 Å². The number of carboxylic acids is 1. The van der Waals surface area contributed by atoms with E-state index in [0.29, 0.717) is 24.8 Å². The van der Waals surface area contributed by atoms with Gasteiger partial charge in [-0.3, -0.25) is 9.59 Å². The van der Waals surface area contributed by atoms with Crippen molar-refractivity contribution < 1.29 is 19.8 Å². The quantitative estimate of drug-likeness (QED) is 0.337. The third-order valence-electron chi connectivity index (χ3n) is 4.28. The Morgan fingerprint density at radius 3 is 2.62 bits per heavy atom. The number of unbranched alkanes of at least 4 members (excludes halogenated alkanes) is 4. The molecule has 0 aromatic carbocycles. The third-order valence-corrected chi connectivity index (χ3v) is 4.28. The number of hydrogen-bond acceptors (Lipinski definition) is 3. The van der Waals surface area contributed by atoms with Crippen molar-refractivity contribution in [2.75, 3.05) is 0 Å². The molecule has 0 amide bonds. The Morgan fingerprint density at radius 2 is 1.92 bits per heavy atom. The molecule has 134 valence electrons. The van der Waals surface area contributed by atoms with Crippen LogP contribution in [0.2, 0.25) is 0 Å². The number of carboxylic acid groups (broad SMARTS) is 1. The zero-order valence-electron chi connectivity index (χ0n) is 14.6. The van der Waals surface area contributed by atoms with Crippen molar-refractivity contribution in [1.29, 1.82) is 0 Å². The minimum atomic E-state index is -0.781. The van der Waals surface area contributed by atoms with E-state index in [0.717, 1.165) is 12.8 Å². The van der Waals surface area contributed by atoms with Crippen LogP contribution in [0.4, 0.5) is 0 Å². The van der Waals surface area contributed by atoms with E-state index in [1.165, 1.54) is 12.8 Å². The molecule has 0 radical (unpaired) electrons. The SMILES string of the molecule is CCCCCC=CC=C1C(=O)C[C@H](O)C1CC=CCCCC(=O)O. The molecule has 0 spiro atoms. The Morgan fingerprint density at radius 1 is 1.17 bits per heavy atom. The molecule has 0 aliphatic heterocycles. The molecule has 2 N–H and O–H groups in total. The van der Waals surface area contributed by atoms with E-state index in [1.807, 2.05) is 24.3 Å². The van der Waals surface area contributed by atoms with Gasteiger partial charge in [0, 0.05) is 24.3 Å². The van der Waals surface area contributed by atoms with E-state index in [-0.39, 0.29) is 24.5 Å². The van der Waals surface area contributed by atoms with Crippen molar-refractivity contribution in [2.24, 2.45) is 5.92 Å². The average molecular weight is 334 g/mol. The maximum Gasteiger partial charge on any atom is 0.303 e. The lowest BCUT2D eigenvalue weighted by Crippen LogP contribution is -2.13. The van der Waals surface area contributed by atoms with Crippen LogP contribution >= 0.6 is 0 Å². The van der Waals surface area contributed by atoms with Crippen LogP contribution < -0.4 is 0 Å². The molecule has 1 unspecified atom stereocenters. The maximum atomic E-state index is 12.0. The molecule has 4 nitrogen and oxygen atoms in total. The maximum absolute atomic E-state index is 12.0. The minimum Gasteiger partial charge on any atom is -0.481 e. The van der Waals surface area contributed by atoms with Crippen molar-refractivity contribution in [3.05, 3.63) is 36.0 Å². The zero-order chi connectivity index (χ0) is 17.8. The molecular formula is C20H30O4. The van der Waals surface area contributed by atoms with Crippen LogP contribution in [0, 0.1) is 5.92 Å². The molecule has 0 heterocycles. The molecule has 0 aromatic rings. The summed E-state index contributed by atoms with van der Waals surface area (Å²) in [6.07, 6.45) is 16.1. The summed E-state index contributed by atoms with van der Waals surface area (Å²) >= 11 is 0. The first-order chi connectivity index (χ1) is 11.6. The average Bonchev–Trinajstić information content (AvgIpc) is 2.80. The first-order valence-electron chi connectivity index (χ1n) is 9.01. The molecular weight excluding hydrogens is 304 g/mol. The highest BCUT2D eigenvalue weighted by atomic mass is 16.4. The summed E-state index contributed by atoms with van der Waals surface area (Å²) in [6, 6.07) is 0. The normalized spacial score (nSPS) is 23.1. The highest BCUT2D eigenvalue weighted by molar-refractivity contribution is 5.99. The van der Waals surface area contributed by atoms with Crippen molar-refractivity contribution in [1.82, 2.24) is 0 Å². The molecule has 2 atom stereocenters. The molecule has 24 heavy (non-hydrogen) atoms. The van der Waals surface area contributed by atoms with Gasteiger partial charge in [0.1, 0.15) is 0 Å². The Balaban J connectivity index is 2.48. The van der Waals surface area contributed by atoms with Gasteiger partial charge in [-0.15, -0.1) is 0 Å². The number of Topliss-reactive ketones (excluding diaryl/α,β-unsaturated/α-hetero) is 1. The lowest BCUT2D eigenvalue weighted by atomic mass is 9.96. The molecule has 1 aliphatic carbocycles. The number of aliphatic hydroxyl groups is 1. The van der Waals surface area contributed by atoms with E-state index in [9.17, 15) is 14.7 Å². The monoisotopic (exact) mass is 334 g/mol. The summed E-state index contributed by atoms with van der Waals surface area (Å²) < 4.78 is 0. The van der Waals surface area contributed by atoms with E-state index in [1.54, 1.807) is 0 Å². The number of ketones is 1. The van der Waals surface area contributed by atoms with E-state index in [2.05, 4.69) is 13.0 Å². The highest BCUT2D eigenvalue weighted by Gasteiger charge is 2.35. The van der Waals surface area contributed by atoms with Crippen LogP contribution in [-0.2, 0) is 9.59 Å². The predicted octanol–water partition coefficient (Wildman–Crippen LogP) is 4.20. The summed E-state index contributed by atoms with van der Waals surface area (Å²) in [6.45, 7) is 2.17. The first kappa shape index (κ1) is 20.4. The number of aliphatic carboxylic acids is 1. The van der Waals surface area contributed by atoms with Crippen molar-refractivity contribution in [2.45, 2.75) is 70.8 Å². The van der Waals surface area contributed by atoms with Gasteiger partial charge < -0.3 is 10.2 Å². The number of carbonyl (C=O) groups excluding carboxylic acids is 1. The van der Waals surface area contributed by atoms with Crippen molar-refractivity contribution in [3.63, 3.8) is 0 Å². The van der Waals surface area contributed by atoms with E-state index in [4.69, 9.17) is 5.11 Å². The fourth-order valence-corrected chi connectivity index (χ4v) is 2.88. The lowest BCUT2D eigenvalue weighted by molar-refractivity contribution is -0.137. The zero-order valence-corrected chi connectivity index (χ0v) is 14.6. The summed E-state index contributed by atoms with van der Waals surface area (Å²) in [5.41, 5.74) is 0.712. The molecule has 0 bridgehead atoms. The van der Waals surface area contributed by atoms with Crippen LogP contribution in [0.15, 0.2) is 36.0 Å².